The fraction of sp³-hybridized carbons (Fsp3) is 0.292. The molecule has 0 unspecified atom stereocenters. The average Bonchev–Trinajstić information content (AvgIpc) is 3.38. The molecule has 32 heavy (non-hydrogen) atoms. The summed E-state index contributed by atoms with van der Waals surface area (Å²) in [7, 11) is 2.07. The fourth-order valence-corrected chi connectivity index (χ4v) is 5.38. The molecular formula is C24H25N5O2S. The number of nitrogens with zero attached hydrogens (tertiary/aromatic N) is 4. The van der Waals surface area contributed by atoms with Crippen LogP contribution in [0.2, 0.25) is 0 Å². The van der Waals surface area contributed by atoms with E-state index in [4.69, 9.17) is 4.98 Å². The van der Waals surface area contributed by atoms with Gasteiger partial charge in [0.25, 0.3) is 5.91 Å². The molecule has 5 rings (SSSR count). The minimum Gasteiger partial charge on any atom is -0.354 e. The number of hydrogen-bond donors (Lipinski definition) is 1. The number of thiophene rings is 1. The third kappa shape index (κ3) is 3.71. The highest BCUT2D eigenvalue weighted by atomic mass is 32.1. The highest BCUT2D eigenvalue weighted by Crippen LogP contribution is 2.29. The van der Waals surface area contributed by atoms with Crippen LogP contribution in [0.15, 0.2) is 48.7 Å². The second-order valence-corrected chi connectivity index (χ2v) is 9.23. The molecule has 4 heterocycles. The molecule has 0 spiro atoms. The van der Waals surface area contributed by atoms with Gasteiger partial charge in [0.05, 0.1) is 24.3 Å². The van der Waals surface area contributed by atoms with E-state index in [2.05, 4.69) is 54.5 Å². The fourth-order valence-electron chi connectivity index (χ4n) is 4.27. The number of benzene rings is 1. The third-order valence-corrected chi connectivity index (χ3v) is 6.90. The number of amides is 2. The molecule has 1 aromatic carbocycles. The van der Waals surface area contributed by atoms with Crippen molar-refractivity contribution in [3.05, 3.63) is 64.8 Å². The van der Waals surface area contributed by atoms with Gasteiger partial charge in [0.2, 0.25) is 5.91 Å². The number of carbonyl (C=O) groups is 2. The molecule has 0 bridgehead atoms. The number of aromatic nitrogens is 2. The highest BCUT2D eigenvalue weighted by Gasteiger charge is 2.24. The first kappa shape index (κ1) is 20.5. The number of anilines is 1. The van der Waals surface area contributed by atoms with Gasteiger partial charge in [-0.15, -0.1) is 11.3 Å². The Hall–Kier alpha value is -3.39. The maximum atomic E-state index is 13.0. The number of pyridine rings is 1. The Bertz CT molecular complexity index is 1290. The van der Waals surface area contributed by atoms with Gasteiger partial charge in [-0.05, 0) is 36.1 Å². The van der Waals surface area contributed by atoms with Gasteiger partial charge in [-0.2, -0.15) is 0 Å². The monoisotopic (exact) mass is 447 g/mol. The van der Waals surface area contributed by atoms with Crippen LogP contribution in [0.25, 0.3) is 15.7 Å². The maximum Gasteiger partial charge on any atom is 0.255 e. The van der Waals surface area contributed by atoms with Gasteiger partial charge in [-0.25, -0.2) is 4.98 Å². The molecule has 7 nitrogen and oxygen atoms in total. The van der Waals surface area contributed by atoms with Crippen LogP contribution in [0, 0.1) is 0 Å². The number of carbonyl (C=O) groups excluding carboxylic acids is 2. The van der Waals surface area contributed by atoms with Crippen molar-refractivity contribution < 1.29 is 9.59 Å². The van der Waals surface area contributed by atoms with Crippen molar-refractivity contribution in [2.45, 2.75) is 19.9 Å². The third-order valence-electron chi connectivity index (χ3n) is 5.80. The first-order chi connectivity index (χ1) is 15.5. The van der Waals surface area contributed by atoms with Crippen molar-refractivity contribution >= 4 is 44.7 Å². The Morgan fingerprint density at radius 2 is 2.09 bits per heavy atom. The lowest BCUT2D eigenvalue weighted by molar-refractivity contribution is -0.123. The molecule has 4 aromatic rings. The summed E-state index contributed by atoms with van der Waals surface area (Å²) in [6.07, 6.45) is 2.65. The first-order valence-corrected chi connectivity index (χ1v) is 11.6. The lowest BCUT2D eigenvalue weighted by atomic mass is 10.2. The van der Waals surface area contributed by atoms with E-state index in [1.165, 1.54) is 15.0 Å². The number of piperazine rings is 1. The first-order valence-electron chi connectivity index (χ1n) is 10.8. The van der Waals surface area contributed by atoms with Crippen molar-refractivity contribution in [1.82, 2.24) is 19.6 Å². The van der Waals surface area contributed by atoms with E-state index in [0.717, 1.165) is 30.1 Å². The number of rotatable bonds is 5. The summed E-state index contributed by atoms with van der Waals surface area (Å²) in [4.78, 5) is 34.6. The smallest absolute Gasteiger partial charge is 0.255 e. The molecule has 1 aliphatic heterocycles. The van der Waals surface area contributed by atoms with Crippen LogP contribution >= 0.6 is 11.3 Å². The van der Waals surface area contributed by atoms with Crippen LogP contribution in [0.3, 0.4) is 0 Å². The maximum absolute atomic E-state index is 13.0. The second kappa shape index (κ2) is 8.27. The summed E-state index contributed by atoms with van der Waals surface area (Å²) in [6, 6.07) is 14.3. The van der Waals surface area contributed by atoms with Crippen molar-refractivity contribution in [3.63, 3.8) is 0 Å². The van der Waals surface area contributed by atoms with Crippen LogP contribution in [0.5, 0.6) is 0 Å². The molecule has 1 saturated heterocycles. The van der Waals surface area contributed by atoms with Crippen molar-refractivity contribution in [3.8, 4) is 0 Å². The van der Waals surface area contributed by atoms with E-state index in [-0.39, 0.29) is 18.4 Å². The summed E-state index contributed by atoms with van der Waals surface area (Å²) in [5.74, 6) is 0.739. The molecule has 3 aromatic heterocycles. The zero-order chi connectivity index (χ0) is 22.2. The second-order valence-electron chi connectivity index (χ2n) is 8.06. The van der Waals surface area contributed by atoms with Crippen molar-refractivity contribution in [2.24, 2.45) is 0 Å². The number of aryl methyl sites for hydroxylation is 1. The van der Waals surface area contributed by atoms with Crippen LogP contribution in [-0.2, 0) is 17.8 Å². The summed E-state index contributed by atoms with van der Waals surface area (Å²) < 4.78 is 3.28. The van der Waals surface area contributed by atoms with Gasteiger partial charge in [-0.3, -0.25) is 14.0 Å². The average molecular weight is 448 g/mol. The van der Waals surface area contributed by atoms with Crippen molar-refractivity contribution in [1.29, 1.82) is 0 Å². The predicted molar refractivity (Wildman–Crippen MR) is 127 cm³/mol. The molecule has 0 radical (unpaired) electrons. The van der Waals surface area contributed by atoms with Gasteiger partial charge in [0, 0.05) is 35.9 Å². The van der Waals surface area contributed by atoms with E-state index >= 15 is 0 Å². The topological polar surface area (TPSA) is 70.0 Å². The standard InChI is InChI=1S/C24H25N5O2S/c1-3-19-23(27(2)14-18-12-16-6-4-5-7-20(16)32-18)29-13-17(8-9-21(29)26-19)24(31)28-11-10-25-22(30)15-28/h4-9,12-13H,3,10-11,14-15H2,1-2H3,(H,25,30). The lowest BCUT2D eigenvalue weighted by Gasteiger charge is -2.26. The van der Waals surface area contributed by atoms with Crippen LogP contribution in [0.1, 0.15) is 27.9 Å². The minimum atomic E-state index is -0.133. The Kier molecular flexibility index (Phi) is 5.30. The number of nitrogens with one attached hydrogen (secondary N) is 1. The van der Waals surface area contributed by atoms with E-state index in [9.17, 15) is 9.59 Å². The van der Waals surface area contributed by atoms with E-state index in [1.54, 1.807) is 22.3 Å². The predicted octanol–water partition coefficient (Wildman–Crippen LogP) is 3.32. The number of hydrogen-bond acceptors (Lipinski definition) is 5. The summed E-state index contributed by atoms with van der Waals surface area (Å²) in [5.41, 5.74) is 2.37. The van der Waals surface area contributed by atoms with Crippen LogP contribution in [0.4, 0.5) is 5.82 Å². The van der Waals surface area contributed by atoms with Crippen LogP contribution in [-0.4, -0.2) is 52.8 Å². The molecule has 8 heteroatoms. The Balaban J connectivity index is 1.48. The molecular weight excluding hydrogens is 422 g/mol. The molecule has 1 aliphatic rings. The van der Waals surface area contributed by atoms with Gasteiger partial charge in [0.1, 0.15) is 11.5 Å². The van der Waals surface area contributed by atoms with E-state index in [0.29, 0.717) is 18.7 Å². The molecule has 164 valence electrons. The highest BCUT2D eigenvalue weighted by molar-refractivity contribution is 7.19. The quantitative estimate of drug-likeness (QED) is 0.510. The van der Waals surface area contributed by atoms with Gasteiger partial charge in [-0.1, -0.05) is 25.1 Å². The van der Waals surface area contributed by atoms with Gasteiger partial charge < -0.3 is 15.1 Å². The number of fused-ring (bicyclic) bond motifs is 2. The van der Waals surface area contributed by atoms with E-state index < -0.39 is 0 Å². The van der Waals surface area contributed by atoms with E-state index in [1.807, 2.05) is 16.7 Å². The zero-order valence-electron chi connectivity index (χ0n) is 18.2. The molecule has 0 aliphatic carbocycles. The van der Waals surface area contributed by atoms with Gasteiger partial charge in [0.15, 0.2) is 0 Å². The Labute approximate surface area is 190 Å². The molecule has 1 fully saturated rings. The lowest BCUT2D eigenvalue weighted by Crippen LogP contribution is -2.50. The molecule has 0 saturated carbocycles. The van der Waals surface area contributed by atoms with Crippen molar-refractivity contribution in [2.75, 3.05) is 31.6 Å². The molecule has 1 N–H and O–H groups in total. The van der Waals surface area contributed by atoms with Gasteiger partial charge >= 0.3 is 0 Å². The largest absolute Gasteiger partial charge is 0.354 e. The summed E-state index contributed by atoms with van der Waals surface area (Å²) in [6.45, 7) is 3.95. The minimum absolute atomic E-state index is 0.0969. The SMILES string of the molecule is CCc1nc2ccc(C(=O)N3CCNC(=O)C3)cn2c1N(C)Cc1cc2ccccc2s1. The Morgan fingerprint density at radius 1 is 1.25 bits per heavy atom. The summed E-state index contributed by atoms with van der Waals surface area (Å²) in [5, 5.41) is 4.02. The summed E-state index contributed by atoms with van der Waals surface area (Å²) >= 11 is 1.80. The zero-order valence-corrected chi connectivity index (χ0v) is 19.0. The number of imidazole rings is 1. The molecule has 2 amide bonds. The van der Waals surface area contributed by atoms with Crippen LogP contribution < -0.4 is 10.2 Å². The normalized spacial score (nSPS) is 14.2. The molecule has 0 atom stereocenters. The Morgan fingerprint density at radius 3 is 2.88 bits per heavy atom.